The molecule has 0 fully saturated rings. The van der Waals surface area contributed by atoms with Crippen LogP contribution in [0, 0.1) is 0 Å². The Morgan fingerprint density at radius 1 is 1.30 bits per heavy atom. The first kappa shape index (κ1) is 15.7. The lowest BCUT2D eigenvalue weighted by molar-refractivity contribution is -0.139. The summed E-state index contributed by atoms with van der Waals surface area (Å²) in [5.41, 5.74) is 0.797. The van der Waals surface area contributed by atoms with E-state index in [2.05, 4.69) is 10.6 Å². The van der Waals surface area contributed by atoms with Gasteiger partial charge in [-0.25, -0.2) is 4.79 Å². The molecule has 0 radical (unpaired) electrons. The zero-order valence-electron chi connectivity index (χ0n) is 11.5. The maximum Gasteiger partial charge on any atom is 0.326 e. The Kier molecular flexibility index (Phi) is 5.71. The maximum atomic E-state index is 12.0. The summed E-state index contributed by atoms with van der Waals surface area (Å²) in [5, 5.41) is 14.0. The summed E-state index contributed by atoms with van der Waals surface area (Å²) in [4.78, 5) is 33.9. The SMILES string of the molecule is CCCC(NC(=O)c1cccc(NC(C)=O)c1)C(=O)O. The number of carboxylic acids is 1. The van der Waals surface area contributed by atoms with Gasteiger partial charge in [0, 0.05) is 18.2 Å². The summed E-state index contributed by atoms with van der Waals surface area (Å²) in [5.74, 6) is -1.77. The summed E-state index contributed by atoms with van der Waals surface area (Å²) in [6.45, 7) is 3.22. The van der Waals surface area contributed by atoms with Crippen LogP contribution in [0.5, 0.6) is 0 Å². The van der Waals surface area contributed by atoms with Crippen molar-refractivity contribution >= 4 is 23.5 Å². The van der Waals surface area contributed by atoms with Gasteiger partial charge in [-0.3, -0.25) is 9.59 Å². The number of carboxylic acid groups (broad SMARTS) is 1. The molecule has 1 aromatic carbocycles. The zero-order chi connectivity index (χ0) is 15.1. The van der Waals surface area contributed by atoms with Crippen molar-refractivity contribution < 1.29 is 19.5 Å². The molecule has 0 aromatic heterocycles. The molecule has 1 aromatic rings. The highest BCUT2D eigenvalue weighted by atomic mass is 16.4. The summed E-state index contributed by atoms with van der Waals surface area (Å²) >= 11 is 0. The molecular weight excluding hydrogens is 260 g/mol. The van der Waals surface area contributed by atoms with Gasteiger partial charge in [-0.15, -0.1) is 0 Å². The molecule has 20 heavy (non-hydrogen) atoms. The predicted molar refractivity (Wildman–Crippen MR) is 74.5 cm³/mol. The maximum absolute atomic E-state index is 12.0. The Labute approximate surface area is 117 Å². The third kappa shape index (κ3) is 4.72. The lowest BCUT2D eigenvalue weighted by Gasteiger charge is -2.14. The van der Waals surface area contributed by atoms with Crippen LogP contribution in [0.25, 0.3) is 0 Å². The average Bonchev–Trinajstić information content (AvgIpc) is 2.37. The number of hydrogen-bond acceptors (Lipinski definition) is 3. The first-order chi connectivity index (χ1) is 9.43. The molecule has 3 N–H and O–H groups in total. The van der Waals surface area contributed by atoms with Gasteiger partial charge in [-0.05, 0) is 24.6 Å². The molecule has 108 valence electrons. The fraction of sp³-hybridized carbons (Fsp3) is 0.357. The molecular formula is C14H18N2O4. The number of carbonyl (C=O) groups excluding carboxylic acids is 2. The molecule has 2 amide bonds. The highest BCUT2D eigenvalue weighted by Crippen LogP contribution is 2.11. The lowest BCUT2D eigenvalue weighted by atomic mass is 10.1. The number of amides is 2. The van der Waals surface area contributed by atoms with E-state index in [1.807, 2.05) is 6.92 Å². The van der Waals surface area contributed by atoms with Gasteiger partial charge in [0.15, 0.2) is 0 Å². The van der Waals surface area contributed by atoms with Crippen molar-refractivity contribution in [2.24, 2.45) is 0 Å². The van der Waals surface area contributed by atoms with Gasteiger partial charge in [-0.1, -0.05) is 19.4 Å². The van der Waals surface area contributed by atoms with Crippen LogP contribution in [0.2, 0.25) is 0 Å². The molecule has 6 nitrogen and oxygen atoms in total. The molecule has 1 atom stereocenters. The van der Waals surface area contributed by atoms with Crippen molar-refractivity contribution in [1.29, 1.82) is 0 Å². The second kappa shape index (κ2) is 7.28. The van der Waals surface area contributed by atoms with Crippen LogP contribution in [0.1, 0.15) is 37.0 Å². The highest BCUT2D eigenvalue weighted by molar-refractivity contribution is 5.98. The molecule has 6 heteroatoms. The molecule has 1 rings (SSSR count). The van der Waals surface area contributed by atoms with E-state index in [1.54, 1.807) is 18.2 Å². The van der Waals surface area contributed by atoms with Crippen LogP contribution >= 0.6 is 0 Å². The third-order valence-corrected chi connectivity index (χ3v) is 2.63. The molecule has 0 saturated heterocycles. The lowest BCUT2D eigenvalue weighted by Crippen LogP contribution is -2.40. The largest absolute Gasteiger partial charge is 0.480 e. The Bertz CT molecular complexity index is 514. The van der Waals surface area contributed by atoms with E-state index < -0.39 is 17.9 Å². The minimum atomic E-state index is -1.06. The summed E-state index contributed by atoms with van der Waals surface area (Å²) in [6, 6.07) is 5.43. The molecule has 0 saturated carbocycles. The van der Waals surface area contributed by atoms with Gasteiger partial charge in [0.1, 0.15) is 6.04 Å². The van der Waals surface area contributed by atoms with Crippen molar-refractivity contribution in [3.63, 3.8) is 0 Å². The number of aliphatic carboxylic acids is 1. The van der Waals surface area contributed by atoms with E-state index in [0.29, 0.717) is 24.1 Å². The molecule has 0 spiro atoms. The quantitative estimate of drug-likeness (QED) is 0.737. The second-order valence-corrected chi connectivity index (χ2v) is 4.41. The van der Waals surface area contributed by atoms with E-state index in [0.717, 1.165) is 0 Å². The van der Waals surface area contributed by atoms with Crippen LogP contribution < -0.4 is 10.6 Å². The monoisotopic (exact) mass is 278 g/mol. The Balaban J connectivity index is 2.80. The first-order valence-electron chi connectivity index (χ1n) is 6.35. The van der Waals surface area contributed by atoms with Crippen molar-refractivity contribution in [2.75, 3.05) is 5.32 Å². The van der Waals surface area contributed by atoms with E-state index in [-0.39, 0.29) is 5.91 Å². The normalized spacial score (nSPS) is 11.5. The van der Waals surface area contributed by atoms with Crippen LogP contribution in [-0.4, -0.2) is 28.9 Å². The average molecular weight is 278 g/mol. The highest BCUT2D eigenvalue weighted by Gasteiger charge is 2.19. The Morgan fingerprint density at radius 2 is 2.00 bits per heavy atom. The van der Waals surface area contributed by atoms with E-state index in [9.17, 15) is 14.4 Å². The van der Waals surface area contributed by atoms with Gasteiger partial charge in [0.2, 0.25) is 5.91 Å². The fourth-order valence-electron chi connectivity index (χ4n) is 1.73. The smallest absolute Gasteiger partial charge is 0.326 e. The van der Waals surface area contributed by atoms with Gasteiger partial charge >= 0.3 is 5.97 Å². The summed E-state index contributed by atoms with van der Waals surface area (Å²) in [6.07, 6.45) is 1.02. The van der Waals surface area contributed by atoms with E-state index in [1.165, 1.54) is 13.0 Å². The Hall–Kier alpha value is -2.37. The van der Waals surface area contributed by atoms with E-state index >= 15 is 0 Å². The number of nitrogens with one attached hydrogen (secondary N) is 2. The number of anilines is 1. The molecule has 1 unspecified atom stereocenters. The Morgan fingerprint density at radius 3 is 2.55 bits per heavy atom. The van der Waals surface area contributed by atoms with Crippen molar-refractivity contribution in [3.05, 3.63) is 29.8 Å². The first-order valence-corrected chi connectivity index (χ1v) is 6.35. The number of carbonyl (C=O) groups is 3. The van der Waals surface area contributed by atoms with Crippen LogP contribution in [0.4, 0.5) is 5.69 Å². The van der Waals surface area contributed by atoms with Gasteiger partial charge in [0.05, 0.1) is 0 Å². The van der Waals surface area contributed by atoms with Gasteiger partial charge in [-0.2, -0.15) is 0 Å². The number of rotatable bonds is 6. The molecule has 0 aliphatic heterocycles. The predicted octanol–water partition coefficient (Wildman–Crippen LogP) is 1.63. The van der Waals surface area contributed by atoms with Crippen LogP contribution in [0.3, 0.4) is 0 Å². The number of benzene rings is 1. The van der Waals surface area contributed by atoms with Crippen molar-refractivity contribution in [2.45, 2.75) is 32.7 Å². The van der Waals surface area contributed by atoms with Crippen LogP contribution in [-0.2, 0) is 9.59 Å². The standard InChI is InChI=1S/C14H18N2O4/c1-3-5-12(14(19)20)16-13(18)10-6-4-7-11(8-10)15-9(2)17/h4,6-8,12H,3,5H2,1-2H3,(H,15,17)(H,16,18)(H,19,20). The topological polar surface area (TPSA) is 95.5 Å². The third-order valence-electron chi connectivity index (χ3n) is 2.63. The van der Waals surface area contributed by atoms with Crippen molar-refractivity contribution in [1.82, 2.24) is 5.32 Å². The van der Waals surface area contributed by atoms with Crippen LogP contribution in [0.15, 0.2) is 24.3 Å². The summed E-state index contributed by atoms with van der Waals surface area (Å²) in [7, 11) is 0. The molecule has 0 bridgehead atoms. The minimum Gasteiger partial charge on any atom is -0.480 e. The summed E-state index contributed by atoms with van der Waals surface area (Å²) < 4.78 is 0. The fourth-order valence-corrected chi connectivity index (χ4v) is 1.73. The van der Waals surface area contributed by atoms with E-state index in [4.69, 9.17) is 5.11 Å². The molecule has 0 heterocycles. The zero-order valence-corrected chi connectivity index (χ0v) is 11.5. The van der Waals surface area contributed by atoms with Gasteiger partial charge < -0.3 is 15.7 Å². The molecule has 0 aliphatic carbocycles. The number of hydrogen-bond donors (Lipinski definition) is 3. The molecule has 0 aliphatic rings. The van der Waals surface area contributed by atoms with Gasteiger partial charge in [0.25, 0.3) is 5.91 Å². The van der Waals surface area contributed by atoms with Crippen molar-refractivity contribution in [3.8, 4) is 0 Å². The second-order valence-electron chi connectivity index (χ2n) is 4.41. The minimum absolute atomic E-state index is 0.239.